The molecule has 0 aliphatic heterocycles. The smallest absolute Gasteiger partial charge is 0.175 e. The molecule has 0 saturated heterocycles. The van der Waals surface area contributed by atoms with Crippen molar-refractivity contribution < 1.29 is 0 Å². The van der Waals surface area contributed by atoms with Crippen LogP contribution in [0.1, 0.15) is 0 Å². The van der Waals surface area contributed by atoms with E-state index in [9.17, 15) is 0 Å². The fourth-order valence-electron chi connectivity index (χ4n) is 0.828. The average molecular weight is 230 g/mol. The fourth-order valence-corrected chi connectivity index (χ4v) is 1.74. The van der Waals surface area contributed by atoms with Gasteiger partial charge in [0.05, 0.1) is 5.39 Å². The van der Waals surface area contributed by atoms with Crippen molar-refractivity contribution in [3.8, 4) is 0 Å². The van der Waals surface area contributed by atoms with E-state index in [0.29, 0.717) is 5.00 Å². The second kappa shape index (κ2) is 2.42. The molecule has 2 N–H and O–H groups in total. The molecule has 0 unspecified atom stereocenters. The van der Waals surface area contributed by atoms with Crippen molar-refractivity contribution in [1.82, 2.24) is 9.36 Å². The molecule has 0 aliphatic rings. The maximum atomic E-state index is 5.64. The highest BCUT2D eigenvalue weighted by Crippen LogP contribution is 2.25. The number of rotatable bonds is 0. The molecule has 0 saturated carbocycles. The van der Waals surface area contributed by atoms with E-state index < -0.39 is 0 Å². The third kappa shape index (κ3) is 1.10. The maximum absolute atomic E-state index is 5.64. The summed E-state index contributed by atoms with van der Waals surface area (Å²) in [5.41, 5.74) is 6.36. The van der Waals surface area contributed by atoms with Gasteiger partial charge >= 0.3 is 0 Å². The Labute approximate surface area is 75.5 Å². The van der Waals surface area contributed by atoms with Crippen LogP contribution in [0.5, 0.6) is 0 Å². The van der Waals surface area contributed by atoms with Crippen LogP contribution in [0.2, 0.25) is 0 Å². The quantitative estimate of drug-likeness (QED) is 0.753. The van der Waals surface area contributed by atoms with Crippen molar-refractivity contribution in [2.75, 3.05) is 5.73 Å². The molecule has 0 fully saturated rings. The van der Waals surface area contributed by atoms with Crippen molar-refractivity contribution in [2.24, 2.45) is 0 Å². The van der Waals surface area contributed by atoms with Crippen LogP contribution in [-0.2, 0) is 0 Å². The number of nitrogen functional groups attached to an aromatic ring is 1. The minimum Gasteiger partial charge on any atom is -0.389 e. The third-order valence-electron chi connectivity index (χ3n) is 1.33. The molecule has 0 aromatic carbocycles. The standard InChI is InChI=1S/C6H4BrN3S/c7-3-1-4-5(8)11-10-6(4)9-2-3/h1-2H,8H2. The number of pyridine rings is 1. The first kappa shape index (κ1) is 7.00. The van der Waals surface area contributed by atoms with E-state index in [1.165, 1.54) is 11.5 Å². The molecule has 2 aromatic rings. The van der Waals surface area contributed by atoms with E-state index >= 15 is 0 Å². The lowest BCUT2D eigenvalue weighted by atomic mass is 10.3. The van der Waals surface area contributed by atoms with Crippen molar-refractivity contribution >= 4 is 43.5 Å². The number of aromatic nitrogens is 2. The lowest BCUT2D eigenvalue weighted by Gasteiger charge is -1.89. The lowest BCUT2D eigenvalue weighted by Crippen LogP contribution is -1.80. The Bertz CT molecular complexity index is 398. The lowest BCUT2D eigenvalue weighted by molar-refractivity contribution is 1.35. The van der Waals surface area contributed by atoms with Gasteiger partial charge in [-0.1, -0.05) is 0 Å². The molecule has 0 aliphatic carbocycles. The van der Waals surface area contributed by atoms with Gasteiger partial charge in [0.1, 0.15) is 5.00 Å². The number of fused-ring (bicyclic) bond motifs is 1. The van der Waals surface area contributed by atoms with Crippen LogP contribution in [-0.4, -0.2) is 9.36 Å². The van der Waals surface area contributed by atoms with Gasteiger partial charge in [0.25, 0.3) is 0 Å². The van der Waals surface area contributed by atoms with Crippen molar-refractivity contribution in [3.63, 3.8) is 0 Å². The van der Waals surface area contributed by atoms with Gasteiger partial charge in [-0.15, -0.1) is 0 Å². The van der Waals surface area contributed by atoms with Crippen LogP contribution in [0.4, 0.5) is 5.00 Å². The van der Waals surface area contributed by atoms with Crippen LogP contribution < -0.4 is 5.73 Å². The average Bonchev–Trinajstić information content (AvgIpc) is 2.33. The number of halogens is 1. The number of hydrogen-bond donors (Lipinski definition) is 1. The van der Waals surface area contributed by atoms with Gasteiger partial charge < -0.3 is 5.73 Å². The summed E-state index contributed by atoms with van der Waals surface area (Å²) in [6.07, 6.45) is 1.71. The second-order valence-electron chi connectivity index (χ2n) is 2.07. The molecule has 5 heteroatoms. The number of anilines is 1. The van der Waals surface area contributed by atoms with Crippen molar-refractivity contribution in [3.05, 3.63) is 16.7 Å². The molecule has 0 radical (unpaired) electrons. The van der Waals surface area contributed by atoms with Gasteiger partial charge in [-0.05, 0) is 33.5 Å². The van der Waals surface area contributed by atoms with Crippen LogP contribution in [0.15, 0.2) is 16.7 Å². The summed E-state index contributed by atoms with van der Waals surface area (Å²) in [6.45, 7) is 0. The predicted molar refractivity (Wildman–Crippen MR) is 49.5 cm³/mol. The van der Waals surface area contributed by atoms with Crippen LogP contribution in [0, 0.1) is 0 Å². The fraction of sp³-hybridized carbons (Fsp3) is 0. The Hall–Kier alpha value is -0.680. The molecule has 0 bridgehead atoms. The highest BCUT2D eigenvalue weighted by atomic mass is 79.9. The van der Waals surface area contributed by atoms with E-state index in [1.807, 2.05) is 6.07 Å². The molecule has 0 amide bonds. The Morgan fingerprint density at radius 3 is 3.18 bits per heavy atom. The first-order valence-corrected chi connectivity index (χ1v) is 4.50. The van der Waals surface area contributed by atoms with Crippen molar-refractivity contribution in [1.29, 1.82) is 0 Å². The summed E-state index contributed by atoms with van der Waals surface area (Å²) in [4.78, 5) is 4.07. The highest BCUT2D eigenvalue weighted by Gasteiger charge is 2.02. The zero-order valence-corrected chi connectivity index (χ0v) is 7.82. The molecule has 0 atom stereocenters. The van der Waals surface area contributed by atoms with Gasteiger partial charge in [-0.2, -0.15) is 4.37 Å². The monoisotopic (exact) mass is 229 g/mol. The Morgan fingerprint density at radius 2 is 2.36 bits per heavy atom. The van der Waals surface area contributed by atoms with Crippen molar-refractivity contribution in [2.45, 2.75) is 0 Å². The summed E-state index contributed by atoms with van der Waals surface area (Å²) in [6, 6.07) is 1.92. The number of nitrogens with zero attached hydrogens (tertiary/aromatic N) is 2. The Balaban J connectivity index is 2.87. The minimum absolute atomic E-state index is 0.716. The molecular formula is C6H4BrN3S. The molecule has 2 aromatic heterocycles. The molecule has 3 nitrogen and oxygen atoms in total. The summed E-state index contributed by atoms with van der Waals surface area (Å²) in [5, 5.41) is 1.64. The predicted octanol–water partition coefficient (Wildman–Crippen LogP) is 2.04. The summed E-state index contributed by atoms with van der Waals surface area (Å²) in [7, 11) is 0. The molecule has 11 heavy (non-hydrogen) atoms. The third-order valence-corrected chi connectivity index (χ3v) is 2.44. The van der Waals surface area contributed by atoms with Crippen LogP contribution in [0.3, 0.4) is 0 Å². The molecule has 0 spiro atoms. The Kier molecular flexibility index (Phi) is 1.54. The topological polar surface area (TPSA) is 51.8 Å². The molecular weight excluding hydrogens is 226 g/mol. The van der Waals surface area contributed by atoms with E-state index in [2.05, 4.69) is 25.3 Å². The van der Waals surface area contributed by atoms with E-state index in [1.54, 1.807) is 6.20 Å². The van der Waals surface area contributed by atoms with Gasteiger partial charge in [-0.3, -0.25) is 0 Å². The zero-order chi connectivity index (χ0) is 7.84. The van der Waals surface area contributed by atoms with Crippen LogP contribution in [0.25, 0.3) is 11.0 Å². The number of nitrogens with two attached hydrogens (primary N) is 1. The second-order valence-corrected chi connectivity index (χ2v) is 3.79. The molecule has 2 heterocycles. The zero-order valence-electron chi connectivity index (χ0n) is 5.41. The van der Waals surface area contributed by atoms with E-state index in [4.69, 9.17) is 5.73 Å². The number of hydrogen-bond acceptors (Lipinski definition) is 4. The maximum Gasteiger partial charge on any atom is 0.175 e. The highest BCUT2D eigenvalue weighted by molar-refractivity contribution is 9.10. The summed E-state index contributed by atoms with van der Waals surface area (Å²) in [5.74, 6) is 0. The Morgan fingerprint density at radius 1 is 1.55 bits per heavy atom. The molecule has 2 rings (SSSR count). The van der Waals surface area contributed by atoms with Gasteiger partial charge in [-0.25, -0.2) is 4.98 Å². The first-order valence-electron chi connectivity index (χ1n) is 2.94. The van der Waals surface area contributed by atoms with E-state index in [0.717, 1.165) is 15.5 Å². The van der Waals surface area contributed by atoms with Gasteiger partial charge in [0.2, 0.25) is 0 Å². The largest absolute Gasteiger partial charge is 0.389 e. The molecule has 56 valence electrons. The normalized spacial score (nSPS) is 10.6. The first-order chi connectivity index (χ1) is 5.27. The van der Waals surface area contributed by atoms with Gasteiger partial charge in [0, 0.05) is 10.7 Å². The van der Waals surface area contributed by atoms with Gasteiger partial charge in [0.15, 0.2) is 5.65 Å². The van der Waals surface area contributed by atoms with E-state index in [-0.39, 0.29) is 0 Å². The summed E-state index contributed by atoms with van der Waals surface area (Å²) >= 11 is 4.58. The minimum atomic E-state index is 0.716. The van der Waals surface area contributed by atoms with Crippen LogP contribution >= 0.6 is 27.5 Å². The summed E-state index contributed by atoms with van der Waals surface area (Å²) < 4.78 is 4.97. The SMILES string of the molecule is Nc1snc2ncc(Br)cc12.